The van der Waals surface area contributed by atoms with E-state index < -0.39 is 6.09 Å². The van der Waals surface area contributed by atoms with Gasteiger partial charge in [-0.1, -0.05) is 15.9 Å². The summed E-state index contributed by atoms with van der Waals surface area (Å²) in [7, 11) is 0. The van der Waals surface area contributed by atoms with Gasteiger partial charge in [0.2, 0.25) is 0 Å². The molecule has 6 heteroatoms. The summed E-state index contributed by atoms with van der Waals surface area (Å²) in [5.41, 5.74) is 7.13. The second kappa shape index (κ2) is 5.45. The Morgan fingerprint density at radius 2 is 2.20 bits per heavy atom. The predicted octanol–water partition coefficient (Wildman–Crippen LogP) is 1.71. The molecular formula is C9H12BrN3O2. The fourth-order valence-electron chi connectivity index (χ4n) is 1.05. The van der Waals surface area contributed by atoms with Gasteiger partial charge >= 0.3 is 6.09 Å². The molecule has 0 saturated heterocycles. The molecule has 0 fully saturated rings. The Bertz CT molecular complexity index is 357. The first kappa shape index (κ1) is 11.6. The number of hydrogen-bond acceptors (Lipinski definition) is 3. The molecule has 0 bridgehead atoms. The lowest BCUT2D eigenvalue weighted by molar-refractivity contribution is 0.195. The average molecular weight is 274 g/mol. The zero-order valence-corrected chi connectivity index (χ0v) is 9.54. The summed E-state index contributed by atoms with van der Waals surface area (Å²) in [6.07, 6.45) is -1.03. The maximum absolute atomic E-state index is 10.2. The number of halogens is 1. The van der Waals surface area contributed by atoms with E-state index in [0.717, 1.165) is 10.2 Å². The lowest BCUT2D eigenvalue weighted by atomic mass is 10.3. The zero-order chi connectivity index (χ0) is 11.3. The Balaban J connectivity index is 2.43. The van der Waals surface area contributed by atoms with Gasteiger partial charge in [-0.15, -0.1) is 0 Å². The van der Waals surface area contributed by atoms with Crippen LogP contribution in [0.2, 0.25) is 0 Å². The van der Waals surface area contributed by atoms with E-state index in [9.17, 15) is 4.79 Å². The number of carboxylic acid groups (broad SMARTS) is 1. The number of hydrogen-bond donors (Lipinski definition) is 4. The van der Waals surface area contributed by atoms with Gasteiger partial charge in [-0.05, 0) is 18.2 Å². The van der Waals surface area contributed by atoms with Crippen LogP contribution in [0.3, 0.4) is 0 Å². The normalized spacial score (nSPS) is 9.67. The van der Waals surface area contributed by atoms with Gasteiger partial charge in [0.15, 0.2) is 0 Å². The van der Waals surface area contributed by atoms with Crippen LogP contribution in [-0.4, -0.2) is 24.3 Å². The van der Waals surface area contributed by atoms with Gasteiger partial charge in [-0.25, -0.2) is 4.79 Å². The summed E-state index contributed by atoms with van der Waals surface area (Å²) in [4.78, 5) is 10.2. The van der Waals surface area contributed by atoms with Crippen molar-refractivity contribution < 1.29 is 9.90 Å². The molecule has 1 rings (SSSR count). The fraction of sp³-hybridized carbons (Fsp3) is 0.222. The van der Waals surface area contributed by atoms with Crippen LogP contribution in [-0.2, 0) is 0 Å². The summed E-state index contributed by atoms with van der Waals surface area (Å²) >= 11 is 3.32. The van der Waals surface area contributed by atoms with Crippen LogP contribution in [0, 0.1) is 0 Å². The summed E-state index contributed by atoms with van der Waals surface area (Å²) < 4.78 is 0.922. The number of nitrogens with two attached hydrogens (primary N) is 1. The lowest BCUT2D eigenvalue weighted by Crippen LogP contribution is -2.27. The summed E-state index contributed by atoms with van der Waals surface area (Å²) in [5, 5.41) is 13.6. The molecule has 0 aliphatic heterocycles. The van der Waals surface area contributed by atoms with E-state index in [1.807, 2.05) is 12.1 Å². The largest absolute Gasteiger partial charge is 0.465 e. The molecule has 0 unspecified atom stereocenters. The number of nitrogen functional groups attached to an aromatic ring is 1. The average Bonchev–Trinajstić information content (AvgIpc) is 2.17. The number of carbonyl (C=O) groups is 1. The highest BCUT2D eigenvalue weighted by Gasteiger charge is 1.99. The van der Waals surface area contributed by atoms with Crippen molar-refractivity contribution in [1.82, 2.24) is 5.32 Å². The van der Waals surface area contributed by atoms with E-state index in [4.69, 9.17) is 10.8 Å². The van der Waals surface area contributed by atoms with Crippen molar-refractivity contribution in [3.05, 3.63) is 22.7 Å². The van der Waals surface area contributed by atoms with Gasteiger partial charge in [0.1, 0.15) is 0 Å². The smallest absolute Gasteiger partial charge is 0.404 e. The quantitative estimate of drug-likeness (QED) is 0.497. The molecular weight excluding hydrogens is 262 g/mol. The second-order valence-corrected chi connectivity index (χ2v) is 3.81. The molecule has 5 nitrogen and oxygen atoms in total. The van der Waals surface area contributed by atoms with Gasteiger partial charge in [-0.2, -0.15) is 0 Å². The standard InChI is InChI=1S/C9H12BrN3O2/c10-6-1-2-7(11)8(5-6)12-3-4-13-9(14)15/h1-2,5,12-13H,3-4,11H2,(H,14,15). The topological polar surface area (TPSA) is 87.4 Å². The Labute approximate surface area is 95.8 Å². The minimum atomic E-state index is -1.03. The van der Waals surface area contributed by atoms with Gasteiger partial charge in [0.05, 0.1) is 11.4 Å². The number of benzene rings is 1. The molecule has 15 heavy (non-hydrogen) atoms. The minimum Gasteiger partial charge on any atom is -0.465 e. The molecule has 0 spiro atoms. The van der Waals surface area contributed by atoms with Crippen LogP contribution in [0.15, 0.2) is 22.7 Å². The van der Waals surface area contributed by atoms with Crippen molar-refractivity contribution in [3.63, 3.8) is 0 Å². The van der Waals surface area contributed by atoms with E-state index in [-0.39, 0.29) is 0 Å². The van der Waals surface area contributed by atoms with E-state index >= 15 is 0 Å². The molecule has 0 atom stereocenters. The molecule has 0 aliphatic carbocycles. The van der Waals surface area contributed by atoms with Crippen molar-refractivity contribution in [2.24, 2.45) is 0 Å². The summed E-state index contributed by atoms with van der Waals surface area (Å²) in [5.74, 6) is 0. The molecule has 0 radical (unpaired) electrons. The monoisotopic (exact) mass is 273 g/mol. The van der Waals surface area contributed by atoms with Gasteiger partial charge in [0, 0.05) is 17.6 Å². The second-order valence-electron chi connectivity index (χ2n) is 2.89. The van der Waals surface area contributed by atoms with Crippen LogP contribution < -0.4 is 16.4 Å². The van der Waals surface area contributed by atoms with Gasteiger partial charge in [0.25, 0.3) is 0 Å². The van der Waals surface area contributed by atoms with E-state index in [1.165, 1.54) is 0 Å². The number of anilines is 2. The highest BCUT2D eigenvalue weighted by atomic mass is 79.9. The van der Waals surface area contributed by atoms with Gasteiger partial charge in [-0.3, -0.25) is 0 Å². The SMILES string of the molecule is Nc1ccc(Br)cc1NCCNC(=O)O. The third-order valence-electron chi connectivity index (χ3n) is 1.73. The molecule has 0 aromatic heterocycles. The molecule has 5 N–H and O–H groups in total. The van der Waals surface area contributed by atoms with Crippen molar-refractivity contribution in [3.8, 4) is 0 Å². The molecule has 1 amide bonds. The molecule has 1 aromatic carbocycles. The molecule has 82 valence electrons. The maximum Gasteiger partial charge on any atom is 0.404 e. The first-order valence-electron chi connectivity index (χ1n) is 4.35. The Morgan fingerprint density at radius 3 is 2.87 bits per heavy atom. The van der Waals surface area contributed by atoms with Crippen LogP contribution in [0.5, 0.6) is 0 Å². The van der Waals surface area contributed by atoms with Crippen LogP contribution in [0.1, 0.15) is 0 Å². The number of rotatable bonds is 4. The van der Waals surface area contributed by atoms with Gasteiger partial charge < -0.3 is 21.5 Å². The van der Waals surface area contributed by atoms with Crippen LogP contribution >= 0.6 is 15.9 Å². The van der Waals surface area contributed by atoms with E-state index in [1.54, 1.807) is 6.07 Å². The molecule has 0 aliphatic rings. The summed E-state index contributed by atoms with van der Waals surface area (Å²) in [6.45, 7) is 0.828. The van der Waals surface area contributed by atoms with E-state index in [0.29, 0.717) is 18.8 Å². The maximum atomic E-state index is 10.2. The highest BCUT2D eigenvalue weighted by molar-refractivity contribution is 9.10. The first-order chi connectivity index (χ1) is 7.09. The summed E-state index contributed by atoms with van der Waals surface area (Å²) in [6, 6.07) is 5.46. The third kappa shape index (κ3) is 4.07. The molecule has 1 aromatic rings. The lowest BCUT2D eigenvalue weighted by Gasteiger charge is -2.09. The third-order valence-corrected chi connectivity index (χ3v) is 2.23. The molecule has 0 saturated carbocycles. The Kier molecular flexibility index (Phi) is 4.23. The molecule has 0 heterocycles. The zero-order valence-electron chi connectivity index (χ0n) is 7.96. The van der Waals surface area contributed by atoms with Crippen molar-refractivity contribution in [2.75, 3.05) is 24.1 Å². The van der Waals surface area contributed by atoms with E-state index in [2.05, 4.69) is 26.6 Å². The fourth-order valence-corrected chi connectivity index (χ4v) is 1.41. The van der Waals surface area contributed by atoms with Crippen molar-refractivity contribution in [2.45, 2.75) is 0 Å². The predicted molar refractivity (Wildman–Crippen MR) is 63.1 cm³/mol. The Morgan fingerprint density at radius 1 is 1.47 bits per heavy atom. The number of nitrogens with one attached hydrogen (secondary N) is 2. The first-order valence-corrected chi connectivity index (χ1v) is 5.14. The Hall–Kier alpha value is -1.43. The minimum absolute atomic E-state index is 0.335. The van der Waals surface area contributed by atoms with Crippen molar-refractivity contribution >= 4 is 33.4 Å². The highest BCUT2D eigenvalue weighted by Crippen LogP contribution is 2.22. The number of amides is 1. The van der Waals surface area contributed by atoms with Crippen LogP contribution in [0.4, 0.5) is 16.2 Å². The van der Waals surface area contributed by atoms with Crippen LogP contribution in [0.25, 0.3) is 0 Å². The van der Waals surface area contributed by atoms with Crippen molar-refractivity contribution in [1.29, 1.82) is 0 Å².